The van der Waals surface area contributed by atoms with Crippen molar-refractivity contribution in [3.05, 3.63) is 126 Å². The van der Waals surface area contributed by atoms with Gasteiger partial charge in [-0.15, -0.1) is 0 Å². The second-order valence-corrected chi connectivity index (χ2v) is 12.4. The van der Waals surface area contributed by atoms with E-state index >= 15 is 0 Å². The zero-order chi connectivity index (χ0) is 32.0. The maximum Gasteiger partial charge on any atom is 0.157 e. The van der Waals surface area contributed by atoms with Crippen LogP contribution in [0.1, 0.15) is 58.2 Å². The number of anilines is 1. The third-order valence-corrected chi connectivity index (χ3v) is 7.22. The molecule has 202 valence electrons. The minimum absolute atomic E-state index is 0.236. The Morgan fingerprint density at radius 3 is 1.68 bits per heavy atom. The molecule has 0 saturated carbocycles. The number of para-hydroxylation sites is 3. The van der Waals surface area contributed by atoms with Crippen molar-refractivity contribution in [3.63, 3.8) is 0 Å². The normalized spacial score (nSPS) is 13.3. The van der Waals surface area contributed by atoms with Gasteiger partial charge in [-0.2, -0.15) is 0 Å². The molecule has 0 heterocycles. The van der Waals surface area contributed by atoms with Gasteiger partial charge in [0.25, 0.3) is 0 Å². The highest BCUT2D eigenvalue weighted by molar-refractivity contribution is 5.87. The summed E-state index contributed by atoms with van der Waals surface area (Å²) in [5.74, 6) is 0. The van der Waals surface area contributed by atoms with E-state index in [-0.39, 0.29) is 22.9 Å². The van der Waals surface area contributed by atoms with Crippen LogP contribution in [0.3, 0.4) is 0 Å². The predicted molar refractivity (Wildman–Crippen MR) is 172 cm³/mol. The molecule has 0 saturated heterocycles. The van der Waals surface area contributed by atoms with Crippen LogP contribution < -0.4 is 11.1 Å². The zero-order valence-electron chi connectivity index (χ0n) is 28.3. The van der Waals surface area contributed by atoms with E-state index in [1.807, 2.05) is 84.2 Å². The summed E-state index contributed by atoms with van der Waals surface area (Å²) < 4.78 is 37.1. The second-order valence-electron chi connectivity index (χ2n) is 12.4. The summed E-state index contributed by atoms with van der Waals surface area (Å²) in [4.78, 5) is 0. The quantitative estimate of drug-likeness (QED) is 0.219. The first-order valence-electron chi connectivity index (χ1n) is 15.8. The molecule has 0 amide bonds. The largest absolute Gasteiger partial charge is 0.394 e. The zero-order valence-corrected chi connectivity index (χ0v) is 24.3. The molecule has 0 aromatic heterocycles. The lowest BCUT2D eigenvalue weighted by atomic mass is 9.78. The van der Waals surface area contributed by atoms with Gasteiger partial charge < -0.3 is 5.73 Å². The molecule has 40 heavy (non-hydrogen) atoms. The highest BCUT2D eigenvalue weighted by Gasteiger charge is 2.24. The highest BCUT2D eigenvalue weighted by Crippen LogP contribution is 2.39. The van der Waals surface area contributed by atoms with Gasteiger partial charge in [-0.3, -0.25) is 5.32 Å². The van der Waals surface area contributed by atoms with Gasteiger partial charge in [0, 0.05) is 17.2 Å². The van der Waals surface area contributed by atoms with Crippen LogP contribution in [0.25, 0.3) is 33.4 Å². The molecule has 4 N–H and O–H groups in total. The summed E-state index contributed by atoms with van der Waals surface area (Å²) in [6, 6.07) is 29.9. The minimum Gasteiger partial charge on any atom is -0.394 e. The average Bonchev–Trinajstić information content (AvgIpc) is 2.94. The number of hydrogen-bond donors (Lipinski definition) is 2. The molecule has 0 aliphatic rings. The smallest absolute Gasteiger partial charge is 0.157 e. The molecular formula is C38H41N2+. The third-order valence-electron chi connectivity index (χ3n) is 7.22. The SMILES string of the molecule is [2H]c1cc(-c2ccccc2)cc([2H])c1-c1cccc(-c2c([2H])c(C(C)(C)C)cc(C(C)(C)C)c2[2H])c1[NH2+]c1ccccc1N. The van der Waals surface area contributed by atoms with Crippen LogP contribution >= 0.6 is 0 Å². The Labute approximate surface area is 245 Å². The molecule has 0 aliphatic carbocycles. The van der Waals surface area contributed by atoms with Gasteiger partial charge in [0.2, 0.25) is 0 Å². The van der Waals surface area contributed by atoms with Crippen molar-refractivity contribution in [1.82, 2.24) is 0 Å². The molecule has 0 aliphatic heterocycles. The Kier molecular flexibility index (Phi) is 6.11. The van der Waals surface area contributed by atoms with Crippen molar-refractivity contribution in [2.75, 3.05) is 5.73 Å². The maximum atomic E-state index is 9.45. The Balaban J connectivity index is 1.85. The summed E-state index contributed by atoms with van der Waals surface area (Å²) >= 11 is 0. The van der Waals surface area contributed by atoms with Crippen molar-refractivity contribution in [3.8, 4) is 33.4 Å². The standard InChI is InChI=1S/C38H40N2/c1-37(2,3)30-23-29(24-31(25-30)38(4,5)6)33-16-12-15-32(36(33)40-35-18-11-10-17-34(35)39)28-21-19-27(20-22-28)26-13-8-7-9-14-26/h7-25,40H,39H2,1-6H3/p+1/i21D,22D,23D,24D. The lowest BCUT2D eigenvalue weighted by molar-refractivity contribution is -0.476. The number of nitrogens with two attached hydrogens (primary N) is 2. The maximum absolute atomic E-state index is 9.45. The summed E-state index contributed by atoms with van der Waals surface area (Å²) in [6.45, 7) is 12.6. The van der Waals surface area contributed by atoms with Gasteiger partial charge in [0.05, 0.1) is 11.2 Å². The van der Waals surface area contributed by atoms with E-state index in [0.717, 1.165) is 33.6 Å². The molecule has 0 radical (unpaired) electrons. The first-order chi connectivity index (χ1) is 20.7. The first kappa shape index (κ1) is 22.7. The molecule has 0 atom stereocenters. The fourth-order valence-electron chi connectivity index (χ4n) is 4.75. The number of rotatable bonds is 5. The van der Waals surface area contributed by atoms with Crippen LogP contribution in [0.2, 0.25) is 0 Å². The number of benzene rings is 5. The van der Waals surface area contributed by atoms with E-state index in [4.69, 9.17) is 8.48 Å². The van der Waals surface area contributed by atoms with Gasteiger partial charge in [-0.1, -0.05) is 132 Å². The molecule has 0 bridgehead atoms. The molecule has 0 spiro atoms. The van der Waals surface area contributed by atoms with Gasteiger partial charge >= 0.3 is 0 Å². The Bertz CT molecular complexity index is 1790. The molecule has 5 aromatic carbocycles. The van der Waals surface area contributed by atoms with Crippen LogP contribution in [0.5, 0.6) is 0 Å². The molecule has 2 heteroatoms. The Morgan fingerprint density at radius 2 is 1.10 bits per heavy atom. The van der Waals surface area contributed by atoms with Crippen LogP contribution in [0, 0.1) is 0 Å². The van der Waals surface area contributed by atoms with E-state index in [1.54, 1.807) is 12.1 Å². The Morgan fingerprint density at radius 1 is 0.575 bits per heavy atom. The minimum atomic E-state index is -0.319. The van der Waals surface area contributed by atoms with Crippen LogP contribution in [-0.2, 0) is 10.8 Å². The molecule has 0 unspecified atom stereocenters. The molecule has 5 rings (SSSR count). The fraction of sp³-hybridized carbons (Fsp3) is 0.211. The highest BCUT2D eigenvalue weighted by atomic mass is 14.9. The van der Waals surface area contributed by atoms with E-state index in [9.17, 15) is 2.74 Å². The van der Waals surface area contributed by atoms with Crippen LogP contribution in [0.4, 0.5) is 17.1 Å². The molecule has 2 nitrogen and oxygen atoms in total. The summed E-state index contributed by atoms with van der Waals surface area (Å²) in [6.07, 6.45) is 0. The van der Waals surface area contributed by atoms with Crippen molar-refractivity contribution >= 4 is 17.1 Å². The van der Waals surface area contributed by atoms with Crippen LogP contribution in [0.15, 0.2) is 115 Å². The van der Waals surface area contributed by atoms with Crippen molar-refractivity contribution < 1.29 is 10.8 Å². The number of hydrogen-bond acceptors (Lipinski definition) is 1. The van der Waals surface area contributed by atoms with Gasteiger partial charge in [-0.05, 0) is 62.4 Å². The number of quaternary nitrogens is 1. The monoisotopic (exact) mass is 529 g/mol. The predicted octanol–water partition coefficient (Wildman–Crippen LogP) is 9.39. The van der Waals surface area contributed by atoms with Crippen molar-refractivity contribution in [1.29, 1.82) is 0 Å². The summed E-state index contributed by atoms with van der Waals surface area (Å²) in [5.41, 5.74) is 13.9. The third kappa shape index (κ3) is 5.88. The topological polar surface area (TPSA) is 42.6 Å². The van der Waals surface area contributed by atoms with Crippen LogP contribution in [-0.4, -0.2) is 0 Å². The molecule has 0 fully saturated rings. The lowest BCUT2D eigenvalue weighted by Crippen LogP contribution is -2.71. The average molecular weight is 530 g/mol. The van der Waals surface area contributed by atoms with E-state index in [1.165, 1.54) is 0 Å². The van der Waals surface area contributed by atoms with E-state index < -0.39 is 0 Å². The van der Waals surface area contributed by atoms with Gasteiger partial charge in [-0.25, -0.2) is 0 Å². The molecular weight excluding hydrogens is 484 g/mol. The molecule has 5 aromatic rings. The summed E-state index contributed by atoms with van der Waals surface area (Å²) in [5, 5.41) is 1.98. The van der Waals surface area contributed by atoms with Gasteiger partial charge in [0.15, 0.2) is 5.69 Å². The lowest BCUT2D eigenvalue weighted by Gasteiger charge is -2.26. The Hall–Kier alpha value is -4.14. The number of nitrogen functional groups attached to an aromatic ring is 1. The van der Waals surface area contributed by atoms with Crippen molar-refractivity contribution in [2.45, 2.75) is 52.4 Å². The van der Waals surface area contributed by atoms with Crippen molar-refractivity contribution in [2.24, 2.45) is 0 Å². The summed E-state index contributed by atoms with van der Waals surface area (Å²) in [7, 11) is 0. The van der Waals surface area contributed by atoms with E-state index in [0.29, 0.717) is 40.0 Å². The first-order valence-corrected chi connectivity index (χ1v) is 13.8. The second kappa shape index (κ2) is 10.8. The van der Waals surface area contributed by atoms with Gasteiger partial charge in [0.1, 0.15) is 5.69 Å². The fourth-order valence-corrected chi connectivity index (χ4v) is 4.75. The van der Waals surface area contributed by atoms with E-state index in [2.05, 4.69) is 41.5 Å².